The lowest BCUT2D eigenvalue weighted by atomic mass is 10.2. The van der Waals surface area contributed by atoms with E-state index in [0.29, 0.717) is 6.54 Å². The average molecular weight is 352 g/mol. The van der Waals surface area contributed by atoms with Crippen LogP contribution in [0.2, 0.25) is 0 Å². The number of amides is 3. The summed E-state index contributed by atoms with van der Waals surface area (Å²) in [7, 11) is 0. The number of urea groups is 1. The Labute approximate surface area is 153 Å². The largest absolute Gasteiger partial charge is 0.368 e. The molecule has 0 saturated carbocycles. The van der Waals surface area contributed by atoms with Gasteiger partial charge in [0.25, 0.3) is 0 Å². The van der Waals surface area contributed by atoms with E-state index in [1.54, 1.807) is 6.92 Å². The van der Waals surface area contributed by atoms with Crippen LogP contribution in [0, 0.1) is 0 Å². The molecule has 0 bridgehead atoms. The van der Waals surface area contributed by atoms with Crippen molar-refractivity contribution in [3.8, 4) is 0 Å². The Morgan fingerprint density at radius 1 is 0.923 bits per heavy atom. The van der Waals surface area contributed by atoms with Gasteiger partial charge >= 0.3 is 6.03 Å². The Morgan fingerprint density at radius 2 is 1.58 bits per heavy atom. The standard InChI is InChI=1S/C20H24N4O2/c1-16(25)23-11-13-24(14-12-23)19-9-7-18(8-10-19)22-20(26)21-15-17-5-3-2-4-6-17/h2-10H,11-15H2,1H3,(H2,21,22,26). The molecule has 0 unspecified atom stereocenters. The third kappa shape index (κ3) is 4.75. The van der Waals surface area contributed by atoms with E-state index < -0.39 is 0 Å². The highest BCUT2D eigenvalue weighted by Crippen LogP contribution is 2.19. The van der Waals surface area contributed by atoms with Gasteiger partial charge in [-0.2, -0.15) is 0 Å². The number of carbonyl (C=O) groups excluding carboxylic acids is 2. The van der Waals surface area contributed by atoms with Crippen molar-refractivity contribution in [1.82, 2.24) is 10.2 Å². The van der Waals surface area contributed by atoms with Crippen LogP contribution >= 0.6 is 0 Å². The summed E-state index contributed by atoms with van der Waals surface area (Å²) in [5.41, 5.74) is 2.91. The normalized spacial score (nSPS) is 14.0. The fourth-order valence-corrected chi connectivity index (χ4v) is 2.99. The fraction of sp³-hybridized carbons (Fsp3) is 0.300. The fourth-order valence-electron chi connectivity index (χ4n) is 2.99. The number of nitrogens with zero attached hydrogens (tertiary/aromatic N) is 2. The van der Waals surface area contributed by atoms with Gasteiger partial charge in [-0.1, -0.05) is 30.3 Å². The highest BCUT2D eigenvalue weighted by Gasteiger charge is 2.18. The Kier molecular flexibility index (Phi) is 5.73. The minimum Gasteiger partial charge on any atom is -0.368 e. The van der Waals surface area contributed by atoms with E-state index in [1.807, 2.05) is 59.5 Å². The van der Waals surface area contributed by atoms with Gasteiger partial charge in [-0.05, 0) is 29.8 Å². The third-order valence-electron chi connectivity index (χ3n) is 4.51. The van der Waals surface area contributed by atoms with E-state index in [1.165, 1.54) is 0 Å². The number of nitrogens with one attached hydrogen (secondary N) is 2. The second-order valence-corrected chi connectivity index (χ2v) is 6.33. The molecule has 1 aliphatic heterocycles. The van der Waals surface area contributed by atoms with Crippen LogP contribution in [0.1, 0.15) is 12.5 Å². The van der Waals surface area contributed by atoms with Crippen molar-refractivity contribution >= 4 is 23.3 Å². The molecule has 2 aromatic rings. The quantitative estimate of drug-likeness (QED) is 0.889. The number of hydrogen-bond acceptors (Lipinski definition) is 3. The Balaban J connectivity index is 1.48. The molecule has 1 heterocycles. The first-order valence-corrected chi connectivity index (χ1v) is 8.81. The summed E-state index contributed by atoms with van der Waals surface area (Å²) in [5, 5.41) is 5.69. The molecule has 3 rings (SSSR count). The zero-order valence-corrected chi connectivity index (χ0v) is 14.9. The number of piperazine rings is 1. The molecule has 0 spiro atoms. The van der Waals surface area contributed by atoms with Gasteiger partial charge in [-0.15, -0.1) is 0 Å². The number of benzene rings is 2. The second-order valence-electron chi connectivity index (χ2n) is 6.33. The smallest absolute Gasteiger partial charge is 0.319 e. The molecule has 0 aliphatic carbocycles. The molecule has 1 fully saturated rings. The van der Waals surface area contributed by atoms with Crippen LogP contribution in [0.5, 0.6) is 0 Å². The van der Waals surface area contributed by atoms with E-state index in [4.69, 9.17) is 0 Å². The van der Waals surface area contributed by atoms with Crippen molar-refractivity contribution < 1.29 is 9.59 Å². The summed E-state index contributed by atoms with van der Waals surface area (Å²) >= 11 is 0. The third-order valence-corrected chi connectivity index (χ3v) is 4.51. The molecule has 1 saturated heterocycles. The van der Waals surface area contributed by atoms with Gasteiger partial charge in [0.15, 0.2) is 0 Å². The van der Waals surface area contributed by atoms with E-state index in [-0.39, 0.29) is 11.9 Å². The van der Waals surface area contributed by atoms with Crippen LogP contribution in [0.25, 0.3) is 0 Å². The van der Waals surface area contributed by atoms with Gasteiger partial charge in [0.1, 0.15) is 0 Å². The van der Waals surface area contributed by atoms with E-state index in [9.17, 15) is 9.59 Å². The minimum absolute atomic E-state index is 0.130. The van der Waals surface area contributed by atoms with Crippen LogP contribution in [0.3, 0.4) is 0 Å². The van der Waals surface area contributed by atoms with Gasteiger partial charge in [-0.3, -0.25) is 4.79 Å². The zero-order chi connectivity index (χ0) is 18.4. The topological polar surface area (TPSA) is 64.7 Å². The summed E-state index contributed by atoms with van der Waals surface area (Å²) in [6, 6.07) is 17.4. The molecule has 0 aromatic heterocycles. The Bertz CT molecular complexity index is 738. The predicted molar refractivity (Wildman–Crippen MR) is 103 cm³/mol. The van der Waals surface area contributed by atoms with Crippen molar-refractivity contribution in [3.63, 3.8) is 0 Å². The van der Waals surface area contributed by atoms with Crippen LogP contribution in [0.4, 0.5) is 16.2 Å². The molecule has 2 N–H and O–H groups in total. The maximum Gasteiger partial charge on any atom is 0.319 e. The summed E-state index contributed by atoms with van der Waals surface area (Å²) in [6.07, 6.45) is 0. The molecule has 3 amide bonds. The molecular formula is C20H24N4O2. The first-order valence-electron chi connectivity index (χ1n) is 8.81. The zero-order valence-electron chi connectivity index (χ0n) is 14.9. The Morgan fingerprint density at radius 3 is 2.19 bits per heavy atom. The van der Waals surface area contributed by atoms with Crippen LogP contribution in [-0.2, 0) is 11.3 Å². The minimum atomic E-state index is -0.225. The highest BCUT2D eigenvalue weighted by molar-refractivity contribution is 5.89. The monoisotopic (exact) mass is 352 g/mol. The molecule has 2 aromatic carbocycles. The lowest BCUT2D eigenvalue weighted by molar-refractivity contribution is -0.129. The lowest BCUT2D eigenvalue weighted by Gasteiger charge is -2.35. The summed E-state index contributed by atoms with van der Waals surface area (Å²) in [4.78, 5) is 27.5. The summed E-state index contributed by atoms with van der Waals surface area (Å²) in [6.45, 7) is 5.24. The lowest BCUT2D eigenvalue weighted by Crippen LogP contribution is -2.48. The van der Waals surface area contributed by atoms with Crippen molar-refractivity contribution in [2.24, 2.45) is 0 Å². The molecule has 6 nitrogen and oxygen atoms in total. The van der Waals surface area contributed by atoms with Gasteiger partial charge in [0, 0.05) is 51.0 Å². The highest BCUT2D eigenvalue weighted by atomic mass is 16.2. The molecule has 0 atom stereocenters. The average Bonchev–Trinajstić information content (AvgIpc) is 2.68. The predicted octanol–water partition coefficient (Wildman–Crippen LogP) is 2.68. The number of hydrogen-bond donors (Lipinski definition) is 2. The van der Waals surface area contributed by atoms with Crippen LogP contribution in [-0.4, -0.2) is 43.0 Å². The first kappa shape index (κ1) is 17.8. The number of carbonyl (C=O) groups is 2. The maximum atomic E-state index is 12.0. The van der Waals surface area contributed by atoms with Crippen LogP contribution < -0.4 is 15.5 Å². The van der Waals surface area contributed by atoms with Gasteiger partial charge in [0.05, 0.1) is 0 Å². The van der Waals surface area contributed by atoms with E-state index >= 15 is 0 Å². The van der Waals surface area contributed by atoms with E-state index in [0.717, 1.165) is 43.1 Å². The van der Waals surface area contributed by atoms with Crippen molar-refractivity contribution in [1.29, 1.82) is 0 Å². The molecular weight excluding hydrogens is 328 g/mol. The van der Waals surface area contributed by atoms with Gasteiger partial charge < -0.3 is 20.4 Å². The molecule has 0 radical (unpaired) electrons. The first-order chi connectivity index (χ1) is 12.6. The second kappa shape index (κ2) is 8.38. The number of rotatable bonds is 4. The number of anilines is 2. The maximum absolute atomic E-state index is 12.0. The van der Waals surface area contributed by atoms with Crippen molar-refractivity contribution in [3.05, 3.63) is 60.2 Å². The molecule has 6 heteroatoms. The summed E-state index contributed by atoms with van der Waals surface area (Å²) < 4.78 is 0. The van der Waals surface area contributed by atoms with Gasteiger partial charge in [-0.25, -0.2) is 4.79 Å². The van der Waals surface area contributed by atoms with Crippen molar-refractivity contribution in [2.75, 3.05) is 36.4 Å². The van der Waals surface area contributed by atoms with Crippen LogP contribution in [0.15, 0.2) is 54.6 Å². The summed E-state index contributed by atoms with van der Waals surface area (Å²) in [5.74, 6) is 0.130. The molecule has 26 heavy (non-hydrogen) atoms. The van der Waals surface area contributed by atoms with Crippen molar-refractivity contribution in [2.45, 2.75) is 13.5 Å². The SMILES string of the molecule is CC(=O)N1CCN(c2ccc(NC(=O)NCc3ccccc3)cc2)CC1. The Hall–Kier alpha value is -3.02. The van der Waals surface area contributed by atoms with Gasteiger partial charge in [0.2, 0.25) is 5.91 Å². The van der Waals surface area contributed by atoms with E-state index in [2.05, 4.69) is 15.5 Å². The molecule has 136 valence electrons. The molecule has 1 aliphatic rings.